The summed E-state index contributed by atoms with van der Waals surface area (Å²) in [7, 11) is 0. The van der Waals surface area contributed by atoms with Crippen molar-refractivity contribution in [2.45, 2.75) is 32.1 Å². The summed E-state index contributed by atoms with van der Waals surface area (Å²) in [6.45, 7) is 1.97. The lowest BCUT2D eigenvalue weighted by Crippen LogP contribution is -2.18. The van der Waals surface area contributed by atoms with E-state index in [1.807, 2.05) is 12.3 Å². The monoisotopic (exact) mass is 373 g/mol. The molecule has 0 aromatic carbocycles. The van der Waals surface area contributed by atoms with E-state index in [-0.39, 0.29) is 5.56 Å². The molecule has 1 aliphatic carbocycles. The van der Waals surface area contributed by atoms with E-state index in [1.165, 1.54) is 0 Å². The van der Waals surface area contributed by atoms with Gasteiger partial charge < -0.3 is 4.98 Å². The fraction of sp³-hybridized carbons (Fsp3) is 0.417. The van der Waals surface area contributed by atoms with E-state index in [1.54, 1.807) is 11.3 Å². The Morgan fingerprint density at radius 1 is 1.50 bits per heavy atom. The van der Waals surface area contributed by atoms with Crippen LogP contribution in [0.5, 0.6) is 0 Å². The van der Waals surface area contributed by atoms with E-state index < -0.39 is 0 Å². The van der Waals surface area contributed by atoms with Gasteiger partial charge in [0.05, 0.1) is 15.7 Å². The molecule has 1 fully saturated rings. The second kappa shape index (κ2) is 4.73. The molecule has 1 N–H and O–H groups in total. The normalized spacial score (nSPS) is 15.0. The number of nitrogens with one attached hydrogen (secondary N) is 1. The number of aromatic amines is 1. The topological polar surface area (TPSA) is 58.6 Å². The number of thiazole rings is 1. The zero-order valence-corrected chi connectivity index (χ0v) is 12.8. The lowest BCUT2D eigenvalue weighted by atomic mass is 10.2. The predicted octanol–water partition coefficient (Wildman–Crippen LogP) is 2.61. The van der Waals surface area contributed by atoms with Crippen molar-refractivity contribution < 1.29 is 0 Å². The van der Waals surface area contributed by atoms with Crippen LogP contribution in [-0.2, 0) is 6.42 Å². The van der Waals surface area contributed by atoms with Crippen molar-refractivity contribution in [1.82, 2.24) is 15.0 Å². The SMILES string of the molecule is Cc1csc(Cc2nc(C3CC3)c(I)c(=O)[nH]2)n1. The first-order valence-corrected chi connectivity index (χ1v) is 7.79. The fourth-order valence-corrected chi connectivity index (χ4v) is 3.33. The zero-order valence-electron chi connectivity index (χ0n) is 9.86. The van der Waals surface area contributed by atoms with Gasteiger partial charge in [-0.25, -0.2) is 9.97 Å². The summed E-state index contributed by atoms with van der Waals surface area (Å²) in [5.74, 6) is 1.23. The second-order valence-electron chi connectivity index (χ2n) is 4.55. The molecule has 2 heterocycles. The van der Waals surface area contributed by atoms with Gasteiger partial charge in [-0.15, -0.1) is 11.3 Å². The van der Waals surface area contributed by atoms with Crippen LogP contribution in [0.15, 0.2) is 10.2 Å². The van der Waals surface area contributed by atoms with Gasteiger partial charge in [0.1, 0.15) is 10.8 Å². The van der Waals surface area contributed by atoms with Crippen LogP contribution in [0.25, 0.3) is 0 Å². The van der Waals surface area contributed by atoms with Gasteiger partial charge in [-0.2, -0.15) is 0 Å². The van der Waals surface area contributed by atoms with Crippen LogP contribution in [0, 0.1) is 10.5 Å². The predicted molar refractivity (Wildman–Crippen MR) is 79.2 cm³/mol. The first-order valence-electron chi connectivity index (χ1n) is 5.83. The zero-order chi connectivity index (χ0) is 12.7. The summed E-state index contributed by atoms with van der Waals surface area (Å²) < 4.78 is 0.745. The molecule has 4 nitrogen and oxygen atoms in total. The van der Waals surface area contributed by atoms with Gasteiger partial charge in [-0.3, -0.25) is 4.79 Å². The van der Waals surface area contributed by atoms with E-state index in [9.17, 15) is 4.79 Å². The Labute approximate surface area is 122 Å². The lowest BCUT2D eigenvalue weighted by Gasteiger charge is -2.04. The molecule has 0 radical (unpaired) electrons. The molecule has 0 amide bonds. The first kappa shape index (κ1) is 12.3. The fourth-order valence-electron chi connectivity index (χ4n) is 1.86. The molecule has 1 aliphatic rings. The van der Waals surface area contributed by atoms with Gasteiger partial charge in [0, 0.05) is 17.0 Å². The van der Waals surface area contributed by atoms with Gasteiger partial charge in [0.15, 0.2) is 0 Å². The highest BCUT2D eigenvalue weighted by atomic mass is 127. The van der Waals surface area contributed by atoms with E-state index >= 15 is 0 Å². The molecule has 0 bridgehead atoms. The molecule has 18 heavy (non-hydrogen) atoms. The van der Waals surface area contributed by atoms with Crippen LogP contribution < -0.4 is 5.56 Å². The maximum absolute atomic E-state index is 11.9. The highest BCUT2D eigenvalue weighted by molar-refractivity contribution is 14.1. The third kappa shape index (κ3) is 2.49. The Morgan fingerprint density at radius 2 is 2.28 bits per heavy atom. The van der Waals surface area contributed by atoms with E-state index in [0.29, 0.717) is 12.3 Å². The lowest BCUT2D eigenvalue weighted by molar-refractivity contribution is 0.864. The van der Waals surface area contributed by atoms with Crippen molar-refractivity contribution in [3.63, 3.8) is 0 Å². The highest BCUT2D eigenvalue weighted by Crippen LogP contribution is 2.40. The Hall–Kier alpha value is -0.760. The average Bonchev–Trinajstić information content (AvgIpc) is 3.08. The molecular weight excluding hydrogens is 361 g/mol. The van der Waals surface area contributed by atoms with Crippen LogP contribution in [0.3, 0.4) is 0 Å². The van der Waals surface area contributed by atoms with Crippen LogP contribution in [0.1, 0.15) is 41.0 Å². The summed E-state index contributed by atoms with van der Waals surface area (Å²) in [5.41, 5.74) is 1.98. The van der Waals surface area contributed by atoms with E-state index in [0.717, 1.165) is 38.6 Å². The molecule has 0 aliphatic heterocycles. The van der Waals surface area contributed by atoms with Gasteiger partial charge in [0.2, 0.25) is 0 Å². The Kier molecular flexibility index (Phi) is 3.23. The van der Waals surface area contributed by atoms with Crippen LogP contribution in [0.4, 0.5) is 0 Å². The van der Waals surface area contributed by atoms with Gasteiger partial charge in [-0.05, 0) is 42.4 Å². The molecule has 0 spiro atoms. The summed E-state index contributed by atoms with van der Waals surface area (Å²) in [4.78, 5) is 23.7. The standard InChI is InChI=1S/C12H12IN3OS/c1-6-5-18-9(14-6)4-8-15-11(7-2-3-7)10(13)12(17)16-8/h5,7H,2-4H2,1H3,(H,15,16,17). The summed E-state index contributed by atoms with van der Waals surface area (Å²) in [6, 6.07) is 0. The highest BCUT2D eigenvalue weighted by Gasteiger charge is 2.28. The van der Waals surface area contributed by atoms with Crippen LogP contribution in [-0.4, -0.2) is 15.0 Å². The third-order valence-corrected chi connectivity index (χ3v) is 4.90. The summed E-state index contributed by atoms with van der Waals surface area (Å²) >= 11 is 3.70. The molecule has 3 rings (SSSR count). The number of aromatic nitrogens is 3. The average molecular weight is 373 g/mol. The Bertz CT molecular complexity index is 645. The molecule has 2 aromatic heterocycles. The number of nitrogens with zero attached hydrogens (tertiary/aromatic N) is 2. The van der Waals surface area contributed by atoms with Crippen LogP contribution >= 0.6 is 33.9 Å². The molecule has 2 aromatic rings. The largest absolute Gasteiger partial charge is 0.309 e. The maximum atomic E-state index is 11.9. The van der Waals surface area contributed by atoms with Gasteiger partial charge in [0.25, 0.3) is 5.56 Å². The molecular formula is C12H12IN3OS. The Balaban J connectivity index is 1.94. The molecule has 0 atom stereocenters. The summed E-state index contributed by atoms with van der Waals surface area (Å²) in [5, 5.41) is 3.01. The molecule has 0 saturated heterocycles. The van der Waals surface area contributed by atoms with Gasteiger partial charge in [-0.1, -0.05) is 0 Å². The summed E-state index contributed by atoms with van der Waals surface area (Å²) in [6.07, 6.45) is 2.93. The van der Waals surface area contributed by atoms with Crippen molar-refractivity contribution in [3.05, 3.63) is 41.5 Å². The number of hydrogen-bond donors (Lipinski definition) is 1. The molecule has 94 valence electrons. The maximum Gasteiger partial charge on any atom is 0.264 e. The number of rotatable bonds is 3. The smallest absolute Gasteiger partial charge is 0.264 e. The molecule has 0 unspecified atom stereocenters. The van der Waals surface area contributed by atoms with Crippen LogP contribution in [0.2, 0.25) is 0 Å². The minimum Gasteiger partial charge on any atom is -0.309 e. The number of aryl methyl sites for hydroxylation is 1. The molecule has 6 heteroatoms. The Morgan fingerprint density at radius 3 is 2.89 bits per heavy atom. The molecule has 1 saturated carbocycles. The van der Waals surface area contributed by atoms with E-state index in [4.69, 9.17) is 0 Å². The minimum absolute atomic E-state index is 0.0178. The minimum atomic E-state index is -0.0178. The number of halogens is 1. The number of H-pyrrole nitrogens is 1. The van der Waals surface area contributed by atoms with Crippen molar-refractivity contribution in [2.24, 2.45) is 0 Å². The van der Waals surface area contributed by atoms with Crippen molar-refractivity contribution in [3.8, 4) is 0 Å². The second-order valence-corrected chi connectivity index (χ2v) is 6.57. The third-order valence-electron chi connectivity index (χ3n) is 2.89. The number of hydrogen-bond acceptors (Lipinski definition) is 4. The van der Waals surface area contributed by atoms with Crippen molar-refractivity contribution >= 4 is 33.9 Å². The quantitative estimate of drug-likeness (QED) is 0.842. The van der Waals surface area contributed by atoms with Gasteiger partial charge >= 0.3 is 0 Å². The van der Waals surface area contributed by atoms with Crippen molar-refractivity contribution in [2.75, 3.05) is 0 Å². The van der Waals surface area contributed by atoms with Crippen molar-refractivity contribution in [1.29, 1.82) is 0 Å². The van der Waals surface area contributed by atoms with E-state index in [2.05, 4.69) is 37.5 Å². The first-order chi connectivity index (χ1) is 8.63.